The molecule has 0 bridgehead atoms. The molecule has 1 aliphatic carbocycles. The van der Waals surface area contributed by atoms with Crippen LogP contribution in [-0.2, 0) is 14.4 Å². The number of carboxylic acid groups (broad SMARTS) is 1. The first-order chi connectivity index (χ1) is 20.4. The lowest BCUT2D eigenvalue weighted by Gasteiger charge is -2.34. The molecule has 1 saturated heterocycles. The van der Waals surface area contributed by atoms with E-state index in [1.807, 2.05) is 41.8 Å². The number of carbonyl (C=O) groups excluding carboxylic acids is 2. The van der Waals surface area contributed by atoms with Crippen LogP contribution in [0.5, 0.6) is 0 Å². The normalized spacial score (nSPS) is 23.4. The average molecular weight is 589 g/mol. The number of alkyl halides is 1. The summed E-state index contributed by atoms with van der Waals surface area (Å²) >= 11 is 1.37. The molecule has 2 amide bonds. The highest BCUT2D eigenvalue weighted by molar-refractivity contribution is 7.14. The maximum Gasteiger partial charge on any atom is 0.304 e. The maximum atomic E-state index is 14.0. The number of benzene rings is 1. The Kier molecular flexibility index (Phi) is 8.15. The lowest BCUT2D eigenvalue weighted by Crippen LogP contribution is -2.43. The van der Waals surface area contributed by atoms with E-state index in [1.165, 1.54) is 16.2 Å². The third kappa shape index (κ3) is 5.60. The summed E-state index contributed by atoms with van der Waals surface area (Å²) in [6.07, 6.45) is 9.36. The van der Waals surface area contributed by atoms with Gasteiger partial charge in [-0.05, 0) is 36.0 Å². The van der Waals surface area contributed by atoms with Gasteiger partial charge in [-0.15, -0.1) is 11.3 Å². The number of aliphatic carboxylic acids is 1. The van der Waals surface area contributed by atoms with Gasteiger partial charge in [0.2, 0.25) is 5.91 Å². The number of aromatic nitrogens is 2. The summed E-state index contributed by atoms with van der Waals surface area (Å²) in [6.45, 7) is 0.658. The number of nitrogens with zero attached hydrogens (tertiary/aromatic N) is 4. The quantitative estimate of drug-likeness (QED) is 0.333. The van der Waals surface area contributed by atoms with Crippen LogP contribution >= 0.6 is 11.3 Å². The van der Waals surface area contributed by atoms with Crippen molar-refractivity contribution < 1.29 is 23.9 Å². The number of rotatable bonds is 7. The van der Waals surface area contributed by atoms with Gasteiger partial charge in [-0.25, -0.2) is 14.4 Å². The van der Waals surface area contributed by atoms with Crippen LogP contribution in [0.3, 0.4) is 0 Å². The van der Waals surface area contributed by atoms with E-state index in [2.05, 4.69) is 11.1 Å². The molecule has 218 valence electrons. The summed E-state index contributed by atoms with van der Waals surface area (Å²) in [5.74, 6) is -1.46. The first-order valence-electron chi connectivity index (χ1n) is 14.6. The number of amides is 2. The standard InChI is InChI=1S/C32H33FN4O4S/c33-26-14-16-36(31(26)41)28-13-12-21(18-34-28)23-9-3-4-11-24(23)27-19-42-32(35-27)37-15-6-5-10-22(20-7-1-2-8-20)25(30(37)40)17-29(38)39/h3-6,9,11-13,18-20,22,25-26H,1-2,7-8,10,14-17H2,(H,38,39)/t22-,25+,26+/m1/s1. The first kappa shape index (κ1) is 28.2. The van der Waals surface area contributed by atoms with Gasteiger partial charge in [0.05, 0.1) is 18.0 Å². The predicted molar refractivity (Wildman–Crippen MR) is 160 cm³/mol. The van der Waals surface area contributed by atoms with Crippen LogP contribution in [-0.4, -0.2) is 52.1 Å². The number of carbonyl (C=O) groups is 3. The highest BCUT2D eigenvalue weighted by atomic mass is 32.1. The molecule has 0 spiro atoms. The van der Waals surface area contributed by atoms with Crippen molar-refractivity contribution in [2.75, 3.05) is 22.9 Å². The Morgan fingerprint density at radius 3 is 2.48 bits per heavy atom. The summed E-state index contributed by atoms with van der Waals surface area (Å²) in [4.78, 5) is 50.2. The predicted octanol–water partition coefficient (Wildman–Crippen LogP) is 6.14. The number of anilines is 2. The van der Waals surface area contributed by atoms with E-state index in [0.717, 1.165) is 48.8 Å². The van der Waals surface area contributed by atoms with Crippen molar-refractivity contribution in [3.05, 3.63) is 60.1 Å². The van der Waals surface area contributed by atoms with Gasteiger partial charge in [0.15, 0.2) is 11.3 Å². The highest BCUT2D eigenvalue weighted by Crippen LogP contribution is 2.41. The number of thiazole rings is 1. The third-order valence-corrected chi connectivity index (χ3v) is 9.63. The Hall–Kier alpha value is -3.92. The fourth-order valence-corrected chi connectivity index (χ4v) is 7.46. The molecule has 6 rings (SSSR count). The van der Waals surface area contributed by atoms with Crippen molar-refractivity contribution in [2.24, 2.45) is 17.8 Å². The zero-order chi connectivity index (χ0) is 29.2. The van der Waals surface area contributed by atoms with E-state index in [1.54, 1.807) is 17.2 Å². The minimum Gasteiger partial charge on any atom is -0.481 e. The molecule has 0 radical (unpaired) electrons. The SMILES string of the molecule is O=C(O)C[C@@H]1C(=O)N(c2nc(-c3ccccc3-c3ccc(N4CC[C@H](F)C4=O)nc3)cs2)CC=CC[C@@H]1C1CCCC1. The second-order valence-corrected chi connectivity index (χ2v) is 12.1. The van der Waals surface area contributed by atoms with E-state index in [9.17, 15) is 23.9 Å². The van der Waals surface area contributed by atoms with Crippen LogP contribution < -0.4 is 9.80 Å². The zero-order valence-electron chi connectivity index (χ0n) is 23.2. The second kappa shape index (κ2) is 12.1. The van der Waals surface area contributed by atoms with Crippen LogP contribution in [0.1, 0.15) is 44.9 Å². The van der Waals surface area contributed by atoms with Crippen molar-refractivity contribution in [1.29, 1.82) is 0 Å². The molecular formula is C32H33FN4O4S. The number of pyridine rings is 1. The third-order valence-electron chi connectivity index (χ3n) is 8.76. The minimum atomic E-state index is -1.48. The summed E-state index contributed by atoms with van der Waals surface area (Å²) in [6, 6.07) is 11.3. The number of carboxylic acids is 1. The van der Waals surface area contributed by atoms with E-state index in [4.69, 9.17) is 4.98 Å². The van der Waals surface area contributed by atoms with Gasteiger partial charge >= 0.3 is 5.97 Å². The minimum absolute atomic E-state index is 0.0115. The van der Waals surface area contributed by atoms with Crippen LogP contribution in [0.2, 0.25) is 0 Å². The topological polar surface area (TPSA) is 104 Å². The monoisotopic (exact) mass is 588 g/mol. The van der Waals surface area contributed by atoms with Crippen molar-refractivity contribution in [3.8, 4) is 22.4 Å². The Balaban J connectivity index is 1.28. The Bertz CT molecular complexity index is 1500. The van der Waals surface area contributed by atoms with Gasteiger partial charge in [-0.1, -0.05) is 62.1 Å². The molecule has 1 aromatic carbocycles. The largest absolute Gasteiger partial charge is 0.481 e. The Morgan fingerprint density at radius 1 is 1.00 bits per heavy atom. The van der Waals surface area contributed by atoms with Crippen LogP contribution in [0.15, 0.2) is 60.1 Å². The van der Waals surface area contributed by atoms with Gasteiger partial charge in [0.1, 0.15) is 5.82 Å². The van der Waals surface area contributed by atoms with Crippen molar-refractivity contribution in [2.45, 2.75) is 51.1 Å². The van der Waals surface area contributed by atoms with Crippen LogP contribution in [0.4, 0.5) is 15.3 Å². The summed E-state index contributed by atoms with van der Waals surface area (Å²) in [5.41, 5.74) is 3.26. The molecule has 0 unspecified atom stereocenters. The molecule has 2 aliphatic heterocycles. The van der Waals surface area contributed by atoms with Gasteiger partial charge in [-0.2, -0.15) is 0 Å². The molecule has 8 nitrogen and oxygen atoms in total. The fourth-order valence-electron chi connectivity index (χ4n) is 6.62. The summed E-state index contributed by atoms with van der Waals surface area (Å²) in [7, 11) is 0. The van der Waals surface area contributed by atoms with Crippen molar-refractivity contribution >= 4 is 40.1 Å². The van der Waals surface area contributed by atoms with E-state index < -0.39 is 24.0 Å². The van der Waals surface area contributed by atoms with Crippen molar-refractivity contribution in [1.82, 2.24) is 9.97 Å². The molecule has 1 N–H and O–H groups in total. The number of hydrogen-bond acceptors (Lipinski definition) is 6. The molecule has 3 aliphatic rings. The Morgan fingerprint density at radius 2 is 1.79 bits per heavy atom. The smallest absolute Gasteiger partial charge is 0.304 e. The zero-order valence-corrected chi connectivity index (χ0v) is 24.0. The first-order valence-corrected chi connectivity index (χ1v) is 15.4. The highest BCUT2D eigenvalue weighted by Gasteiger charge is 2.40. The van der Waals surface area contributed by atoms with Gasteiger partial charge in [0, 0.05) is 42.2 Å². The molecule has 3 atom stereocenters. The van der Waals surface area contributed by atoms with Gasteiger partial charge in [0.25, 0.3) is 5.91 Å². The van der Waals surface area contributed by atoms with E-state index >= 15 is 0 Å². The molecule has 4 heterocycles. The van der Waals surface area contributed by atoms with Crippen LogP contribution in [0, 0.1) is 17.8 Å². The molecule has 42 heavy (non-hydrogen) atoms. The van der Waals surface area contributed by atoms with Gasteiger partial charge < -0.3 is 5.11 Å². The second-order valence-electron chi connectivity index (χ2n) is 11.3. The lowest BCUT2D eigenvalue weighted by atomic mass is 9.75. The molecule has 10 heteroatoms. The number of allylic oxidation sites excluding steroid dienone is 1. The van der Waals surface area contributed by atoms with Gasteiger partial charge in [-0.3, -0.25) is 24.2 Å². The maximum absolute atomic E-state index is 14.0. The molecule has 2 fully saturated rings. The summed E-state index contributed by atoms with van der Waals surface area (Å²) < 4.78 is 13.7. The lowest BCUT2D eigenvalue weighted by molar-refractivity contribution is -0.142. The molecule has 1 saturated carbocycles. The number of hydrogen-bond donors (Lipinski definition) is 1. The average Bonchev–Trinajstić information content (AvgIpc) is 3.76. The molecular weight excluding hydrogens is 555 g/mol. The van der Waals surface area contributed by atoms with Crippen molar-refractivity contribution in [3.63, 3.8) is 0 Å². The van der Waals surface area contributed by atoms with E-state index in [-0.39, 0.29) is 24.7 Å². The number of halogens is 1. The van der Waals surface area contributed by atoms with Crippen LogP contribution in [0.25, 0.3) is 22.4 Å². The molecule has 2 aromatic heterocycles. The summed E-state index contributed by atoms with van der Waals surface area (Å²) in [5, 5.41) is 12.2. The Labute approximate surface area is 247 Å². The molecule has 3 aromatic rings. The fraction of sp³-hybridized carbons (Fsp3) is 0.406. The van der Waals surface area contributed by atoms with E-state index in [0.29, 0.717) is 35.7 Å².